The summed E-state index contributed by atoms with van der Waals surface area (Å²) in [6.07, 6.45) is -0.182. The van der Waals surface area contributed by atoms with Gasteiger partial charge in [-0.15, -0.1) is 0 Å². The molecule has 6 nitrogen and oxygen atoms in total. The van der Waals surface area contributed by atoms with E-state index in [2.05, 4.69) is 5.32 Å². The van der Waals surface area contributed by atoms with E-state index in [-0.39, 0.29) is 17.0 Å². The molecule has 2 aliphatic rings. The first-order valence-electron chi connectivity index (χ1n) is 7.28. The Labute approximate surface area is 137 Å². The third-order valence-corrected chi connectivity index (χ3v) is 5.76. The van der Waals surface area contributed by atoms with Gasteiger partial charge < -0.3 is 5.73 Å². The highest BCUT2D eigenvalue weighted by atomic mass is 32.2. The Morgan fingerprint density at radius 1 is 1.29 bits per heavy atom. The molecular formula is C15H16F2N2O4S. The van der Waals surface area contributed by atoms with Crippen molar-refractivity contribution in [2.45, 2.75) is 35.7 Å². The molecular weight excluding hydrogens is 342 g/mol. The fourth-order valence-corrected chi connectivity index (χ4v) is 4.02. The van der Waals surface area contributed by atoms with Crippen molar-refractivity contribution in [2.75, 3.05) is 6.26 Å². The molecule has 9 heteroatoms. The Hall–Kier alpha value is -1.87. The summed E-state index contributed by atoms with van der Waals surface area (Å²) in [7, 11) is -3.46. The van der Waals surface area contributed by atoms with Crippen molar-refractivity contribution in [3.05, 3.63) is 29.3 Å². The Bertz CT molecular complexity index is 845. The number of primary amides is 1. The van der Waals surface area contributed by atoms with Gasteiger partial charge in [-0.3, -0.25) is 14.9 Å². The first kappa shape index (κ1) is 17.0. The lowest BCUT2D eigenvalue weighted by Gasteiger charge is -2.38. The van der Waals surface area contributed by atoms with Crippen molar-refractivity contribution in [3.63, 3.8) is 0 Å². The number of ketones is 1. The highest BCUT2D eigenvalue weighted by molar-refractivity contribution is 7.90. The number of carbonyl (C=O) groups excluding carboxylic acids is 2. The van der Waals surface area contributed by atoms with E-state index in [1.54, 1.807) is 0 Å². The molecule has 1 saturated carbocycles. The largest absolute Gasteiger partial charge is 0.367 e. The number of sulfone groups is 1. The van der Waals surface area contributed by atoms with Gasteiger partial charge in [0.15, 0.2) is 21.2 Å². The Kier molecular flexibility index (Phi) is 3.58. The summed E-state index contributed by atoms with van der Waals surface area (Å²) >= 11 is 0. The normalized spacial score (nSPS) is 25.8. The lowest BCUT2D eigenvalue weighted by atomic mass is 9.70. The van der Waals surface area contributed by atoms with E-state index < -0.39 is 51.7 Å². The summed E-state index contributed by atoms with van der Waals surface area (Å²) in [5.74, 6) is -5.53. The van der Waals surface area contributed by atoms with Crippen LogP contribution in [0.3, 0.4) is 0 Å². The van der Waals surface area contributed by atoms with Gasteiger partial charge in [0.2, 0.25) is 11.8 Å². The number of alkyl halides is 2. The second-order valence-electron chi connectivity index (χ2n) is 6.38. The molecule has 1 atom stereocenters. The molecule has 0 saturated heterocycles. The summed E-state index contributed by atoms with van der Waals surface area (Å²) in [6, 6.07) is 4.00. The first-order valence-corrected chi connectivity index (χ1v) is 9.17. The van der Waals surface area contributed by atoms with Crippen LogP contribution in [0.15, 0.2) is 23.1 Å². The van der Waals surface area contributed by atoms with E-state index in [0.29, 0.717) is 5.56 Å². The minimum absolute atomic E-state index is 0.0472. The van der Waals surface area contributed by atoms with Crippen LogP contribution in [0.4, 0.5) is 8.78 Å². The maximum absolute atomic E-state index is 13.1. The molecule has 1 aromatic rings. The van der Waals surface area contributed by atoms with Crippen LogP contribution < -0.4 is 11.1 Å². The number of fused-ring (bicyclic) bond motifs is 1. The van der Waals surface area contributed by atoms with Crippen molar-refractivity contribution >= 4 is 21.5 Å². The van der Waals surface area contributed by atoms with Crippen LogP contribution in [0.25, 0.3) is 0 Å². The molecule has 1 amide bonds. The molecule has 0 spiro atoms. The second kappa shape index (κ2) is 5.06. The Balaban J connectivity index is 2.04. The number of nitrogens with one attached hydrogen (secondary N) is 1. The van der Waals surface area contributed by atoms with Crippen molar-refractivity contribution in [2.24, 2.45) is 11.7 Å². The molecule has 1 fully saturated rings. The number of hydrogen-bond donors (Lipinski definition) is 2. The molecule has 0 bridgehead atoms. The first-order chi connectivity index (χ1) is 11.0. The fourth-order valence-electron chi connectivity index (χ4n) is 3.35. The monoisotopic (exact) mass is 358 g/mol. The minimum atomic E-state index is -3.46. The van der Waals surface area contributed by atoms with E-state index in [1.165, 1.54) is 18.2 Å². The SMILES string of the molecule is CS(=O)(=O)c1ccc2c(c1)CNC2(C(N)=O)C(=O)C1CC(F)(F)C1. The van der Waals surface area contributed by atoms with Gasteiger partial charge in [0.05, 0.1) is 4.90 Å². The maximum Gasteiger partial charge on any atom is 0.250 e. The van der Waals surface area contributed by atoms with Gasteiger partial charge in [-0.1, -0.05) is 6.07 Å². The maximum atomic E-state index is 13.1. The van der Waals surface area contributed by atoms with Gasteiger partial charge in [0.25, 0.3) is 0 Å². The predicted molar refractivity (Wildman–Crippen MR) is 79.9 cm³/mol. The smallest absolute Gasteiger partial charge is 0.250 e. The van der Waals surface area contributed by atoms with E-state index in [1.807, 2.05) is 0 Å². The van der Waals surface area contributed by atoms with Gasteiger partial charge >= 0.3 is 0 Å². The molecule has 1 aliphatic heterocycles. The molecule has 24 heavy (non-hydrogen) atoms. The Morgan fingerprint density at radius 3 is 2.42 bits per heavy atom. The third-order valence-electron chi connectivity index (χ3n) is 4.65. The van der Waals surface area contributed by atoms with E-state index in [4.69, 9.17) is 5.73 Å². The minimum Gasteiger partial charge on any atom is -0.367 e. The number of amides is 1. The molecule has 3 N–H and O–H groups in total. The van der Waals surface area contributed by atoms with Crippen molar-refractivity contribution in [1.82, 2.24) is 5.32 Å². The Morgan fingerprint density at radius 2 is 1.92 bits per heavy atom. The zero-order valence-corrected chi connectivity index (χ0v) is 13.6. The van der Waals surface area contributed by atoms with Gasteiger partial charge in [-0.25, -0.2) is 17.2 Å². The van der Waals surface area contributed by atoms with Gasteiger partial charge in [-0.2, -0.15) is 0 Å². The average molecular weight is 358 g/mol. The standard InChI is InChI=1S/C15H16F2N2O4S/c1-24(22,23)10-2-3-11-8(4-10)7-19-15(11,13(18)21)12(20)9-5-14(16,17)6-9/h2-4,9,19H,5-7H2,1H3,(H2,18,21). The van der Waals surface area contributed by atoms with Crippen molar-refractivity contribution in [3.8, 4) is 0 Å². The van der Waals surface area contributed by atoms with Crippen molar-refractivity contribution < 1.29 is 26.8 Å². The van der Waals surface area contributed by atoms with Crippen LogP contribution in [0.1, 0.15) is 24.0 Å². The van der Waals surface area contributed by atoms with Crippen LogP contribution >= 0.6 is 0 Å². The summed E-state index contributed by atoms with van der Waals surface area (Å²) < 4.78 is 49.4. The third kappa shape index (κ3) is 2.42. The van der Waals surface area contributed by atoms with Gasteiger partial charge in [0, 0.05) is 31.6 Å². The number of hydrogen-bond acceptors (Lipinski definition) is 5. The molecule has 1 heterocycles. The summed E-state index contributed by atoms with van der Waals surface area (Å²) in [5.41, 5.74) is 4.23. The van der Waals surface area contributed by atoms with Crippen LogP contribution in [0.5, 0.6) is 0 Å². The molecule has 130 valence electrons. The quantitative estimate of drug-likeness (QED) is 0.762. The zero-order chi connectivity index (χ0) is 17.9. The fraction of sp³-hybridized carbons (Fsp3) is 0.467. The molecule has 1 aliphatic carbocycles. The summed E-state index contributed by atoms with van der Waals surface area (Å²) in [6.45, 7) is 0.0521. The van der Waals surface area contributed by atoms with Crippen LogP contribution in [0.2, 0.25) is 0 Å². The summed E-state index contributed by atoms with van der Waals surface area (Å²) in [5, 5.41) is 2.73. The molecule has 3 rings (SSSR count). The molecule has 0 radical (unpaired) electrons. The van der Waals surface area contributed by atoms with Crippen LogP contribution in [0, 0.1) is 5.92 Å². The molecule has 1 unspecified atom stereocenters. The number of carbonyl (C=O) groups is 2. The second-order valence-corrected chi connectivity index (χ2v) is 8.40. The highest BCUT2D eigenvalue weighted by Gasteiger charge is 2.58. The van der Waals surface area contributed by atoms with Crippen LogP contribution in [-0.4, -0.2) is 32.3 Å². The van der Waals surface area contributed by atoms with Crippen LogP contribution in [-0.2, 0) is 31.5 Å². The lowest BCUT2D eigenvalue weighted by Crippen LogP contribution is -2.59. The van der Waals surface area contributed by atoms with E-state index in [0.717, 1.165) is 6.26 Å². The number of Topliss-reactive ketones (excluding diaryl/α,β-unsaturated/α-hetero) is 1. The average Bonchev–Trinajstić information content (AvgIpc) is 2.82. The predicted octanol–water partition coefficient (Wildman–Crippen LogP) is 0.488. The number of nitrogens with two attached hydrogens (primary N) is 1. The highest BCUT2D eigenvalue weighted by Crippen LogP contribution is 2.47. The lowest BCUT2D eigenvalue weighted by molar-refractivity contribution is -0.157. The molecule has 0 aromatic heterocycles. The van der Waals surface area contributed by atoms with Gasteiger partial charge in [-0.05, 0) is 23.3 Å². The van der Waals surface area contributed by atoms with Crippen molar-refractivity contribution in [1.29, 1.82) is 0 Å². The number of rotatable bonds is 4. The van der Waals surface area contributed by atoms with Gasteiger partial charge in [0.1, 0.15) is 0 Å². The zero-order valence-electron chi connectivity index (χ0n) is 12.8. The van der Waals surface area contributed by atoms with E-state index in [9.17, 15) is 26.8 Å². The van der Waals surface area contributed by atoms with E-state index >= 15 is 0 Å². The topological polar surface area (TPSA) is 106 Å². The summed E-state index contributed by atoms with van der Waals surface area (Å²) in [4.78, 5) is 24.8. The number of benzene rings is 1. The molecule has 1 aromatic carbocycles. The number of halogens is 2.